The van der Waals surface area contributed by atoms with Crippen molar-refractivity contribution in [3.05, 3.63) is 82.0 Å². The van der Waals surface area contributed by atoms with Gasteiger partial charge in [-0.25, -0.2) is 0 Å². The highest BCUT2D eigenvalue weighted by Crippen LogP contribution is 2.13. The van der Waals surface area contributed by atoms with Gasteiger partial charge < -0.3 is 10.6 Å². The van der Waals surface area contributed by atoms with Crippen LogP contribution in [0.25, 0.3) is 0 Å². The van der Waals surface area contributed by atoms with Crippen molar-refractivity contribution < 1.29 is 0 Å². The normalized spacial score (nSPS) is 9.71. The van der Waals surface area contributed by atoms with Gasteiger partial charge in [0.05, 0.1) is 4.88 Å². The Kier molecular flexibility index (Phi) is 5.27. The summed E-state index contributed by atoms with van der Waals surface area (Å²) in [4.78, 5) is 1.06. The summed E-state index contributed by atoms with van der Waals surface area (Å²) in [6.07, 6.45) is 0. The van der Waals surface area contributed by atoms with Crippen LogP contribution >= 0.6 is 23.6 Å². The zero-order valence-corrected chi connectivity index (χ0v) is 14.8. The maximum atomic E-state index is 5.37. The Morgan fingerprint density at radius 1 is 0.917 bits per heavy atom. The molecule has 1 aromatic heterocycles. The van der Waals surface area contributed by atoms with Gasteiger partial charge in [0.2, 0.25) is 0 Å². The van der Waals surface area contributed by atoms with E-state index in [9.17, 15) is 0 Å². The first-order valence-electron chi connectivity index (χ1n) is 7.49. The maximum Gasteiger partial charge on any atom is 0.175 e. The van der Waals surface area contributed by atoms with Crippen LogP contribution < -0.4 is 10.6 Å². The highest BCUT2D eigenvalue weighted by Gasteiger charge is 1.99. The summed E-state index contributed by atoms with van der Waals surface area (Å²) in [6, 6.07) is 20.0. The van der Waals surface area contributed by atoms with Crippen LogP contribution in [0.1, 0.15) is 16.0 Å². The Balaban J connectivity index is 1.65. The number of nitrogens with one attached hydrogen (secondary N) is 2. The van der Waals surface area contributed by atoms with Gasteiger partial charge in [-0.3, -0.25) is 0 Å². The van der Waals surface area contributed by atoms with Crippen LogP contribution in [0, 0.1) is 18.8 Å². The molecule has 0 amide bonds. The average molecular weight is 348 g/mol. The summed E-state index contributed by atoms with van der Waals surface area (Å²) >= 11 is 7.01. The lowest BCUT2D eigenvalue weighted by atomic mass is 10.2. The molecule has 0 unspecified atom stereocenters. The van der Waals surface area contributed by atoms with Crippen LogP contribution in [0.4, 0.5) is 11.4 Å². The monoisotopic (exact) mass is 348 g/mol. The SMILES string of the molecule is Cc1ccc(NC(=S)Nc2cccc(C#Cc3cccs3)c2)cc1. The molecular formula is C20H16N2S2. The molecule has 3 rings (SSSR count). The first kappa shape index (κ1) is 16.3. The van der Waals surface area contributed by atoms with Crippen LogP contribution in [-0.2, 0) is 0 Å². The van der Waals surface area contributed by atoms with E-state index in [1.807, 2.05) is 66.0 Å². The molecule has 118 valence electrons. The number of hydrogen-bond acceptors (Lipinski definition) is 2. The number of hydrogen-bond donors (Lipinski definition) is 2. The second-order valence-corrected chi connectivity index (χ2v) is 6.61. The summed E-state index contributed by atoms with van der Waals surface area (Å²) in [5.41, 5.74) is 4.05. The summed E-state index contributed by atoms with van der Waals surface area (Å²) in [6.45, 7) is 2.06. The smallest absolute Gasteiger partial charge is 0.175 e. The molecule has 2 nitrogen and oxygen atoms in total. The second-order valence-electron chi connectivity index (χ2n) is 5.25. The predicted octanol–water partition coefficient (Wildman–Crippen LogP) is 5.27. The Labute approximate surface area is 151 Å². The van der Waals surface area contributed by atoms with Crippen LogP contribution in [-0.4, -0.2) is 5.11 Å². The molecule has 0 fully saturated rings. The van der Waals surface area contributed by atoms with Crippen molar-refractivity contribution in [3.63, 3.8) is 0 Å². The molecule has 3 aromatic rings. The predicted molar refractivity (Wildman–Crippen MR) is 108 cm³/mol. The molecule has 0 atom stereocenters. The largest absolute Gasteiger partial charge is 0.332 e. The lowest BCUT2D eigenvalue weighted by molar-refractivity contribution is 1.47. The fourth-order valence-corrected chi connectivity index (χ4v) is 2.90. The minimum Gasteiger partial charge on any atom is -0.332 e. The van der Waals surface area contributed by atoms with Crippen molar-refractivity contribution >= 4 is 40.0 Å². The number of rotatable bonds is 2. The van der Waals surface area contributed by atoms with Crippen LogP contribution in [0.15, 0.2) is 66.0 Å². The first-order chi connectivity index (χ1) is 11.7. The molecule has 4 heteroatoms. The second kappa shape index (κ2) is 7.78. The van der Waals surface area contributed by atoms with Gasteiger partial charge in [0.1, 0.15) is 0 Å². The molecule has 1 heterocycles. The van der Waals surface area contributed by atoms with Crippen molar-refractivity contribution in [1.82, 2.24) is 0 Å². The third kappa shape index (κ3) is 4.69. The highest BCUT2D eigenvalue weighted by atomic mass is 32.1. The lowest BCUT2D eigenvalue weighted by Crippen LogP contribution is -2.19. The van der Waals surface area contributed by atoms with E-state index in [0.29, 0.717) is 5.11 Å². The van der Waals surface area contributed by atoms with Crippen molar-refractivity contribution in [2.75, 3.05) is 10.6 Å². The van der Waals surface area contributed by atoms with Gasteiger partial charge in [0.15, 0.2) is 5.11 Å². The maximum absolute atomic E-state index is 5.37. The standard InChI is InChI=1S/C20H16N2S2/c1-15-7-10-17(11-8-15)21-20(23)22-18-5-2-4-16(14-18)9-12-19-6-3-13-24-19/h2-8,10-11,13-14H,1H3,(H2,21,22,23). The van der Waals surface area contributed by atoms with Crippen molar-refractivity contribution in [1.29, 1.82) is 0 Å². The van der Waals surface area contributed by atoms with E-state index >= 15 is 0 Å². The van der Waals surface area contributed by atoms with Gasteiger partial charge in [0, 0.05) is 16.9 Å². The van der Waals surface area contributed by atoms with Crippen LogP contribution in [0.3, 0.4) is 0 Å². The minimum atomic E-state index is 0.558. The average Bonchev–Trinajstić information content (AvgIpc) is 3.09. The quantitative estimate of drug-likeness (QED) is 0.488. The number of thiophene rings is 1. The molecule has 2 aromatic carbocycles. The number of thiocarbonyl (C=S) groups is 1. The first-order valence-corrected chi connectivity index (χ1v) is 8.78. The molecule has 24 heavy (non-hydrogen) atoms. The summed E-state index contributed by atoms with van der Waals surface area (Å²) in [7, 11) is 0. The van der Waals surface area contributed by atoms with E-state index in [4.69, 9.17) is 12.2 Å². The van der Waals surface area contributed by atoms with Gasteiger partial charge in [-0.15, -0.1) is 11.3 Å². The Bertz CT molecular complexity index is 885. The van der Waals surface area contributed by atoms with Gasteiger partial charge in [-0.2, -0.15) is 0 Å². The zero-order chi connectivity index (χ0) is 16.8. The summed E-state index contributed by atoms with van der Waals surface area (Å²) in [5.74, 6) is 6.33. The number of anilines is 2. The molecule has 0 aliphatic heterocycles. The molecule has 0 spiro atoms. The lowest BCUT2D eigenvalue weighted by Gasteiger charge is -2.11. The Hall–Kier alpha value is -2.61. The van der Waals surface area contributed by atoms with Crippen LogP contribution in [0.2, 0.25) is 0 Å². The van der Waals surface area contributed by atoms with E-state index < -0.39 is 0 Å². The zero-order valence-electron chi connectivity index (χ0n) is 13.2. The molecule has 0 bridgehead atoms. The van der Waals surface area contributed by atoms with Crippen molar-refractivity contribution in [2.24, 2.45) is 0 Å². The molecule has 0 aliphatic carbocycles. The molecule has 0 saturated carbocycles. The fourth-order valence-electron chi connectivity index (χ4n) is 2.09. The van der Waals surface area contributed by atoms with E-state index in [1.165, 1.54) is 5.56 Å². The van der Waals surface area contributed by atoms with Gasteiger partial charge in [-0.05, 0) is 60.9 Å². The van der Waals surface area contributed by atoms with E-state index in [1.54, 1.807) is 11.3 Å². The van der Waals surface area contributed by atoms with E-state index in [0.717, 1.165) is 21.8 Å². The number of benzene rings is 2. The minimum absolute atomic E-state index is 0.558. The molecule has 0 radical (unpaired) electrons. The number of aryl methyl sites for hydroxylation is 1. The highest BCUT2D eigenvalue weighted by molar-refractivity contribution is 7.80. The third-order valence-electron chi connectivity index (χ3n) is 3.28. The Morgan fingerprint density at radius 3 is 2.46 bits per heavy atom. The molecular weight excluding hydrogens is 332 g/mol. The van der Waals surface area contributed by atoms with Gasteiger partial charge >= 0.3 is 0 Å². The van der Waals surface area contributed by atoms with Gasteiger partial charge in [-0.1, -0.05) is 41.7 Å². The van der Waals surface area contributed by atoms with E-state index in [-0.39, 0.29) is 0 Å². The Morgan fingerprint density at radius 2 is 1.71 bits per heavy atom. The van der Waals surface area contributed by atoms with Crippen LogP contribution in [0.5, 0.6) is 0 Å². The molecule has 0 aliphatic rings. The summed E-state index contributed by atoms with van der Waals surface area (Å²) in [5, 5.41) is 8.95. The summed E-state index contributed by atoms with van der Waals surface area (Å²) < 4.78 is 0. The topological polar surface area (TPSA) is 24.1 Å². The molecule has 0 saturated heterocycles. The molecule has 2 N–H and O–H groups in total. The van der Waals surface area contributed by atoms with E-state index in [2.05, 4.69) is 29.4 Å². The van der Waals surface area contributed by atoms with Crippen molar-refractivity contribution in [2.45, 2.75) is 6.92 Å². The third-order valence-corrected chi connectivity index (χ3v) is 4.27. The fraction of sp³-hybridized carbons (Fsp3) is 0.0500. The van der Waals surface area contributed by atoms with Crippen molar-refractivity contribution in [3.8, 4) is 11.8 Å². The van der Waals surface area contributed by atoms with Gasteiger partial charge in [0.25, 0.3) is 0 Å².